The highest BCUT2D eigenvalue weighted by molar-refractivity contribution is 14.0. The summed E-state index contributed by atoms with van der Waals surface area (Å²) in [5.41, 5.74) is 0.803. The number of halogens is 4. The molecule has 0 atom stereocenters. The molecule has 6 nitrogen and oxygen atoms in total. The van der Waals surface area contributed by atoms with Gasteiger partial charge >= 0.3 is 6.18 Å². The maximum Gasteiger partial charge on any atom is 0.422 e. The average Bonchev–Trinajstić information content (AvgIpc) is 2.60. The van der Waals surface area contributed by atoms with Gasteiger partial charge in [0.05, 0.1) is 13.1 Å². The van der Waals surface area contributed by atoms with Crippen LogP contribution in [0.4, 0.5) is 13.2 Å². The zero-order valence-electron chi connectivity index (χ0n) is 15.4. The van der Waals surface area contributed by atoms with Gasteiger partial charge in [-0.2, -0.15) is 13.2 Å². The van der Waals surface area contributed by atoms with Gasteiger partial charge in [-0.3, -0.25) is 4.79 Å². The summed E-state index contributed by atoms with van der Waals surface area (Å²) < 4.78 is 41.0. The van der Waals surface area contributed by atoms with Gasteiger partial charge in [-0.1, -0.05) is 19.1 Å². The molecular formula is C17H26F3IN4O2. The molecule has 0 fully saturated rings. The van der Waals surface area contributed by atoms with Crippen molar-refractivity contribution in [2.45, 2.75) is 33.0 Å². The van der Waals surface area contributed by atoms with Crippen LogP contribution in [0, 0.1) is 0 Å². The summed E-state index contributed by atoms with van der Waals surface area (Å²) in [7, 11) is 0. The second-order valence-corrected chi connectivity index (χ2v) is 5.45. The molecule has 1 aromatic rings. The van der Waals surface area contributed by atoms with Crippen molar-refractivity contribution in [3.63, 3.8) is 0 Å². The molecule has 0 aromatic heterocycles. The summed E-state index contributed by atoms with van der Waals surface area (Å²) in [6.45, 7) is 4.23. The quantitative estimate of drug-likeness (QED) is 0.276. The van der Waals surface area contributed by atoms with E-state index in [1.165, 1.54) is 12.1 Å². The molecule has 0 aliphatic heterocycles. The van der Waals surface area contributed by atoms with Crippen molar-refractivity contribution in [3.8, 4) is 5.75 Å². The Morgan fingerprint density at radius 1 is 1.11 bits per heavy atom. The minimum atomic E-state index is -4.36. The lowest BCUT2D eigenvalue weighted by Gasteiger charge is -2.12. The van der Waals surface area contributed by atoms with Crippen molar-refractivity contribution in [1.29, 1.82) is 0 Å². The van der Waals surface area contributed by atoms with Gasteiger partial charge in [-0.15, -0.1) is 24.0 Å². The van der Waals surface area contributed by atoms with Crippen molar-refractivity contribution in [2.24, 2.45) is 4.99 Å². The molecule has 0 aliphatic rings. The summed E-state index contributed by atoms with van der Waals surface area (Å²) >= 11 is 0. The molecule has 1 rings (SSSR count). The lowest BCUT2D eigenvalue weighted by Crippen LogP contribution is -2.43. The first-order valence-electron chi connectivity index (χ1n) is 8.41. The first-order chi connectivity index (χ1) is 12.3. The Labute approximate surface area is 174 Å². The second kappa shape index (κ2) is 13.4. The lowest BCUT2D eigenvalue weighted by atomic mass is 10.2. The van der Waals surface area contributed by atoms with Crippen molar-refractivity contribution in [3.05, 3.63) is 29.8 Å². The number of carbonyl (C=O) groups is 1. The predicted molar refractivity (Wildman–Crippen MR) is 110 cm³/mol. The lowest BCUT2D eigenvalue weighted by molar-refractivity contribution is -0.153. The van der Waals surface area contributed by atoms with Gasteiger partial charge in [-0.05, 0) is 31.0 Å². The maximum absolute atomic E-state index is 12.1. The van der Waals surface area contributed by atoms with E-state index in [0.29, 0.717) is 25.6 Å². The number of hydrogen-bond acceptors (Lipinski definition) is 3. The Morgan fingerprint density at radius 3 is 2.33 bits per heavy atom. The number of nitrogens with zero attached hydrogens (tertiary/aromatic N) is 1. The Bertz CT molecular complexity index is 581. The Kier molecular flexibility index (Phi) is 12.6. The molecule has 0 bridgehead atoms. The SMILES string of the molecule is CCCNC(=O)CNC(=NCc1ccc(OCC(F)(F)F)cc1)NCC.I. The monoisotopic (exact) mass is 502 g/mol. The fraction of sp³-hybridized carbons (Fsp3) is 0.529. The number of carbonyl (C=O) groups excluding carboxylic acids is 1. The first kappa shape index (κ1) is 25.3. The van der Waals surface area contributed by atoms with Crippen LogP contribution in [0.1, 0.15) is 25.8 Å². The van der Waals surface area contributed by atoms with E-state index in [9.17, 15) is 18.0 Å². The normalized spacial score (nSPS) is 11.4. The molecule has 0 saturated carbocycles. The molecule has 154 valence electrons. The van der Waals surface area contributed by atoms with E-state index < -0.39 is 12.8 Å². The zero-order chi connectivity index (χ0) is 19.4. The van der Waals surface area contributed by atoms with E-state index in [4.69, 9.17) is 0 Å². The Morgan fingerprint density at radius 2 is 1.78 bits per heavy atom. The molecule has 0 spiro atoms. The van der Waals surface area contributed by atoms with E-state index in [1.807, 2.05) is 13.8 Å². The van der Waals surface area contributed by atoms with Gasteiger partial charge in [0.1, 0.15) is 5.75 Å². The van der Waals surface area contributed by atoms with Crippen molar-refractivity contribution >= 4 is 35.8 Å². The summed E-state index contributed by atoms with van der Waals surface area (Å²) in [5, 5.41) is 8.70. The van der Waals surface area contributed by atoms with E-state index in [0.717, 1.165) is 12.0 Å². The fourth-order valence-electron chi connectivity index (χ4n) is 1.86. The maximum atomic E-state index is 12.1. The summed E-state index contributed by atoms with van der Waals surface area (Å²) in [5.74, 6) is 0.507. The molecule has 1 amide bonds. The van der Waals surface area contributed by atoms with Crippen molar-refractivity contribution in [2.75, 3.05) is 26.2 Å². The van der Waals surface area contributed by atoms with E-state index in [1.54, 1.807) is 12.1 Å². The number of aliphatic imine (C=N–C) groups is 1. The third-order valence-electron chi connectivity index (χ3n) is 3.08. The van der Waals surface area contributed by atoms with Crippen LogP contribution in [0.5, 0.6) is 5.75 Å². The van der Waals surface area contributed by atoms with Crippen LogP contribution in [0.25, 0.3) is 0 Å². The molecule has 0 saturated heterocycles. The second-order valence-electron chi connectivity index (χ2n) is 5.45. The number of ether oxygens (including phenoxy) is 1. The predicted octanol–water partition coefficient (Wildman–Crippen LogP) is 2.83. The molecule has 0 aliphatic carbocycles. The molecule has 10 heteroatoms. The highest BCUT2D eigenvalue weighted by atomic mass is 127. The average molecular weight is 502 g/mol. The van der Waals surface area contributed by atoms with Crippen molar-refractivity contribution < 1.29 is 22.7 Å². The van der Waals surface area contributed by atoms with Gasteiger partial charge in [0.25, 0.3) is 0 Å². The summed E-state index contributed by atoms with van der Waals surface area (Å²) in [4.78, 5) is 15.9. The molecule has 3 N–H and O–H groups in total. The third kappa shape index (κ3) is 12.3. The van der Waals surface area contributed by atoms with Crippen LogP contribution in [0.2, 0.25) is 0 Å². The number of amides is 1. The van der Waals surface area contributed by atoms with Gasteiger partial charge < -0.3 is 20.7 Å². The van der Waals surface area contributed by atoms with Gasteiger partial charge in [0, 0.05) is 13.1 Å². The molecule has 27 heavy (non-hydrogen) atoms. The van der Waals surface area contributed by atoms with Crippen LogP contribution in [0.3, 0.4) is 0 Å². The number of alkyl halides is 3. The van der Waals surface area contributed by atoms with E-state index in [2.05, 4.69) is 25.7 Å². The largest absolute Gasteiger partial charge is 0.484 e. The molecule has 0 unspecified atom stereocenters. The number of hydrogen-bond donors (Lipinski definition) is 3. The zero-order valence-corrected chi connectivity index (χ0v) is 17.7. The number of rotatable bonds is 9. The van der Waals surface area contributed by atoms with Gasteiger partial charge in [0.2, 0.25) is 5.91 Å². The highest BCUT2D eigenvalue weighted by Gasteiger charge is 2.28. The fourth-order valence-corrected chi connectivity index (χ4v) is 1.86. The van der Waals surface area contributed by atoms with Crippen molar-refractivity contribution in [1.82, 2.24) is 16.0 Å². The van der Waals surface area contributed by atoms with Crippen LogP contribution < -0.4 is 20.7 Å². The highest BCUT2D eigenvalue weighted by Crippen LogP contribution is 2.19. The van der Waals surface area contributed by atoms with E-state index in [-0.39, 0.29) is 42.2 Å². The van der Waals surface area contributed by atoms with Gasteiger partial charge in [-0.25, -0.2) is 4.99 Å². The van der Waals surface area contributed by atoms with Crippen LogP contribution in [-0.4, -0.2) is 44.3 Å². The number of benzene rings is 1. The smallest absolute Gasteiger partial charge is 0.422 e. The first-order valence-corrected chi connectivity index (χ1v) is 8.41. The molecule has 0 radical (unpaired) electrons. The van der Waals surface area contributed by atoms with E-state index >= 15 is 0 Å². The Balaban J connectivity index is 0.00000676. The molecule has 0 heterocycles. The summed E-state index contributed by atoms with van der Waals surface area (Å²) in [6, 6.07) is 6.23. The minimum Gasteiger partial charge on any atom is -0.484 e. The van der Waals surface area contributed by atoms with Gasteiger partial charge in [0.15, 0.2) is 12.6 Å². The Hall–Kier alpha value is -1.72. The standard InChI is InChI=1S/C17H25F3N4O2.HI/c1-3-9-22-15(25)11-24-16(21-4-2)23-10-13-5-7-14(8-6-13)26-12-17(18,19)20;/h5-8H,3-4,9-12H2,1-2H3,(H,22,25)(H2,21,23,24);1H. The van der Waals surface area contributed by atoms with Crippen LogP contribution in [0.15, 0.2) is 29.3 Å². The third-order valence-corrected chi connectivity index (χ3v) is 3.08. The van der Waals surface area contributed by atoms with Crippen LogP contribution in [-0.2, 0) is 11.3 Å². The summed E-state index contributed by atoms with van der Waals surface area (Å²) in [6.07, 6.45) is -3.50. The van der Waals surface area contributed by atoms with Crippen LogP contribution >= 0.6 is 24.0 Å². The number of guanidine groups is 1. The molecule has 1 aromatic carbocycles. The molecular weight excluding hydrogens is 476 g/mol. The topological polar surface area (TPSA) is 74.8 Å². The minimum absolute atomic E-state index is 0. The number of nitrogens with one attached hydrogen (secondary N) is 3.